The molecule has 1 N–H and O–H groups in total. The van der Waals surface area contributed by atoms with Crippen LogP contribution in [0.2, 0.25) is 41.3 Å². The van der Waals surface area contributed by atoms with Crippen molar-refractivity contribution in [1.82, 2.24) is 10.2 Å². The summed E-state index contributed by atoms with van der Waals surface area (Å²) in [6, 6.07) is 20.7. The van der Waals surface area contributed by atoms with E-state index in [1.165, 1.54) is 10.4 Å². The fraction of sp³-hybridized carbons (Fsp3) is 0.649. The molecule has 258 valence electrons. The Morgan fingerprint density at radius 1 is 0.783 bits per heavy atom. The Kier molecular flexibility index (Phi) is 11.9. The molecule has 1 aliphatic rings. The van der Waals surface area contributed by atoms with Gasteiger partial charge in [-0.3, -0.25) is 4.79 Å². The maximum Gasteiger partial charge on any atom is 0.261 e. The molecule has 1 fully saturated rings. The molecule has 46 heavy (non-hydrogen) atoms. The average Bonchev–Trinajstić information content (AvgIpc) is 3.04. The van der Waals surface area contributed by atoms with E-state index in [-0.39, 0.29) is 39.3 Å². The minimum Gasteiger partial charge on any atom is -0.412 e. The third-order valence-electron chi connectivity index (χ3n) is 11.0. The zero-order valence-electron chi connectivity index (χ0n) is 31.6. The van der Waals surface area contributed by atoms with Crippen LogP contribution in [0, 0.1) is 0 Å². The van der Waals surface area contributed by atoms with Crippen LogP contribution < -0.4 is 15.7 Å². The molecule has 1 amide bonds. The minimum absolute atomic E-state index is 0.0173. The van der Waals surface area contributed by atoms with Crippen LogP contribution in [0.15, 0.2) is 60.7 Å². The predicted molar refractivity (Wildman–Crippen MR) is 202 cm³/mol. The molecule has 0 spiro atoms. The van der Waals surface area contributed by atoms with E-state index in [9.17, 15) is 4.79 Å². The number of rotatable bonds is 10. The minimum atomic E-state index is -2.84. The Bertz CT molecular complexity index is 1240. The van der Waals surface area contributed by atoms with Crippen molar-refractivity contribution >= 4 is 41.2 Å². The zero-order chi connectivity index (χ0) is 34.9. The number of benzene rings is 2. The zero-order valence-corrected chi connectivity index (χ0v) is 34.6. The van der Waals surface area contributed by atoms with Crippen LogP contribution >= 0.6 is 0 Å². The number of likely N-dealkylation sites (N-methyl/N-ethyl adjacent to an activating group) is 1. The Balaban J connectivity index is 2.09. The second-order valence-electron chi connectivity index (χ2n) is 17.4. The molecule has 1 aliphatic heterocycles. The number of hydrogen-bond acceptors (Lipinski definition) is 5. The van der Waals surface area contributed by atoms with Crippen molar-refractivity contribution in [2.45, 2.75) is 135 Å². The van der Waals surface area contributed by atoms with Crippen molar-refractivity contribution < 1.29 is 18.1 Å². The van der Waals surface area contributed by atoms with E-state index < -0.39 is 31.0 Å². The summed E-state index contributed by atoms with van der Waals surface area (Å²) in [5.41, 5.74) is 0. The first kappa shape index (κ1) is 38.8. The summed E-state index contributed by atoms with van der Waals surface area (Å²) in [6.45, 7) is 32.5. The van der Waals surface area contributed by atoms with Gasteiger partial charge in [0.15, 0.2) is 16.6 Å². The first-order chi connectivity index (χ1) is 21.0. The molecule has 0 aliphatic carbocycles. The molecule has 0 bridgehead atoms. The maximum absolute atomic E-state index is 14.4. The number of amides is 1. The summed E-state index contributed by atoms with van der Waals surface area (Å²) in [7, 11) is -5.22. The quantitative estimate of drug-likeness (QED) is 0.269. The van der Waals surface area contributed by atoms with E-state index >= 15 is 0 Å². The summed E-state index contributed by atoms with van der Waals surface area (Å²) < 4.78 is 21.4. The molecule has 9 heteroatoms. The molecule has 0 saturated carbocycles. The molecule has 4 atom stereocenters. The summed E-state index contributed by atoms with van der Waals surface area (Å²) in [5, 5.41) is 5.98. The van der Waals surface area contributed by atoms with Gasteiger partial charge in [-0.2, -0.15) is 0 Å². The van der Waals surface area contributed by atoms with E-state index in [4.69, 9.17) is 13.3 Å². The lowest BCUT2D eigenvalue weighted by Crippen LogP contribution is -2.68. The highest BCUT2D eigenvalue weighted by molar-refractivity contribution is 6.99. The van der Waals surface area contributed by atoms with Gasteiger partial charge in [0.1, 0.15) is 6.04 Å². The largest absolute Gasteiger partial charge is 0.412 e. The number of nitrogens with one attached hydrogen (secondary N) is 1. The third kappa shape index (κ3) is 8.16. The first-order valence-corrected chi connectivity index (χ1v) is 24.8. The van der Waals surface area contributed by atoms with Gasteiger partial charge in [-0.15, -0.1) is 0 Å². The van der Waals surface area contributed by atoms with Crippen LogP contribution in [0.1, 0.15) is 69.2 Å². The van der Waals surface area contributed by atoms with E-state index in [2.05, 4.69) is 154 Å². The Morgan fingerprint density at radius 2 is 1.24 bits per heavy atom. The van der Waals surface area contributed by atoms with Crippen LogP contribution in [0.25, 0.3) is 0 Å². The maximum atomic E-state index is 14.4. The highest BCUT2D eigenvalue weighted by Gasteiger charge is 2.52. The normalized spacial score (nSPS) is 21.7. The van der Waals surface area contributed by atoms with Gasteiger partial charge in [0.05, 0.1) is 24.9 Å². The highest BCUT2D eigenvalue weighted by atomic mass is 28.4. The SMILES string of the molecule is C[C@@H](O[Si](C)(C)C(C)(C)C)[C@@H]1NC[C@H](O[Si](C)(C)C(C)(C)C)[C@@H](CO[Si](c2ccccc2)(c2ccccc2)C(C)(C)C)N(C)C1=O. The van der Waals surface area contributed by atoms with Crippen molar-refractivity contribution in [3.05, 3.63) is 60.7 Å². The lowest BCUT2D eigenvalue weighted by molar-refractivity contribution is -0.137. The van der Waals surface area contributed by atoms with Gasteiger partial charge < -0.3 is 23.5 Å². The molecule has 0 radical (unpaired) electrons. The Hall–Kier alpha value is -1.60. The van der Waals surface area contributed by atoms with E-state index in [1.54, 1.807) is 0 Å². The van der Waals surface area contributed by atoms with E-state index in [0.29, 0.717) is 13.2 Å². The van der Waals surface area contributed by atoms with Gasteiger partial charge >= 0.3 is 0 Å². The van der Waals surface area contributed by atoms with Gasteiger partial charge in [-0.25, -0.2) is 0 Å². The predicted octanol–water partition coefficient (Wildman–Crippen LogP) is 7.16. The van der Waals surface area contributed by atoms with Crippen molar-refractivity contribution in [3.8, 4) is 0 Å². The van der Waals surface area contributed by atoms with Gasteiger partial charge in [-0.1, -0.05) is 123 Å². The fourth-order valence-electron chi connectivity index (χ4n) is 6.04. The molecule has 0 unspecified atom stereocenters. The van der Waals surface area contributed by atoms with Crippen LogP contribution in [0.3, 0.4) is 0 Å². The molecule has 1 saturated heterocycles. The van der Waals surface area contributed by atoms with Gasteiger partial charge in [-0.05, 0) is 58.6 Å². The molecular weight excluding hydrogens is 621 g/mol. The van der Waals surface area contributed by atoms with Crippen LogP contribution in [0.5, 0.6) is 0 Å². The molecular formula is C37H64N2O4Si3. The second kappa shape index (κ2) is 14.1. The number of hydrogen-bond donors (Lipinski definition) is 1. The monoisotopic (exact) mass is 684 g/mol. The Labute approximate surface area is 284 Å². The molecule has 6 nitrogen and oxygen atoms in total. The summed E-state index contributed by atoms with van der Waals surface area (Å²) in [6.07, 6.45) is -0.515. The number of carbonyl (C=O) groups is 1. The molecule has 2 aromatic carbocycles. The summed E-state index contributed by atoms with van der Waals surface area (Å²) in [5.74, 6) is 0.0311. The lowest BCUT2D eigenvalue weighted by Gasteiger charge is -2.46. The van der Waals surface area contributed by atoms with Crippen molar-refractivity contribution in [2.24, 2.45) is 0 Å². The van der Waals surface area contributed by atoms with Gasteiger partial charge in [0.25, 0.3) is 8.32 Å². The van der Waals surface area contributed by atoms with Crippen molar-refractivity contribution in [3.63, 3.8) is 0 Å². The van der Waals surface area contributed by atoms with E-state index in [0.717, 1.165) is 0 Å². The highest BCUT2D eigenvalue weighted by Crippen LogP contribution is 2.41. The van der Waals surface area contributed by atoms with Crippen LogP contribution in [-0.4, -0.2) is 80.3 Å². The summed E-state index contributed by atoms with van der Waals surface area (Å²) >= 11 is 0. The lowest BCUT2D eigenvalue weighted by atomic mass is 10.1. The second-order valence-corrected chi connectivity index (χ2v) is 31.2. The molecule has 2 aromatic rings. The van der Waals surface area contributed by atoms with Gasteiger partial charge in [0, 0.05) is 13.6 Å². The van der Waals surface area contributed by atoms with Crippen LogP contribution in [0.4, 0.5) is 0 Å². The number of carbonyl (C=O) groups excluding carboxylic acids is 1. The third-order valence-corrected chi connectivity index (χ3v) is 25.1. The first-order valence-electron chi connectivity index (χ1n) is 17.1. The molecule has 0 aromatic heterocycles. The van der Waals surface area contributed by atoms with Crippen molar-refractivity contribution in [2.75, 3.05) is 20.2 Å². The number of nitrogens with zero attached hydrogens (tertiary/aromatic N) is 1. The summed E-state index contributed by atoms with van der Waals surface area (Å²) in [4.78, 5) is 16.3. The smallest absolute Gasteiger partial charge is 0.261 e. The standard InChI is InChI=1S/C37H64N2O4Si3/c1-28(42-44(12,13)35(2,3)4)33-34(40)39(11)31(32(26-38-33)43-45(14,15)36(5,6)7)27-41-46(37(8,9)10,29-22-18-16-19-23-29)30-24-20-17-21-25-30/h16-25,28,31-33,38H,26-27H2,1-15H3/t28-,31-,32+,33+/m1/s1. The van der Waals surface area contributed by atoms with Crippen molar-refractivity contribution in [1.29, 1.82) is 0 Å². The van der Waals surface area contributed by atoms with E-state index in [1.807, 2.05) is 18.9 Å². The van der Waals surface area contributed by atoms with Crippen LogP contribution in [-0.2, 0) is 18.1 Å². The Morgan fingerprint density at radius 3 is 1.65 bits per heavy atom. The fourth-order valence-corrected chi connectivity index (χ4v) is 13.4. The average molecular weight is 685 g/mol. The topological polar surface area (TPSA) is 60.0 Å². The molecule has 1 heterocycles. The molecule has 3 rings (SSSR count). The van der Waals surface area contributed by atoms with Gasteiger partial charge in [0.2, 0.25) is 5.91 Å².